The fourth-order valence-corrected chi connectivity index (χ4v) is 5.54. The minimum absolute atomic E-state index is 0.0244. The van der Waals surface area contributed by atoms with Crippen molar-refractivity contribution in [1.82, 2.24) is 14.8 Å². The zero-order chi connectivity index (χ0) is 29.4. The van der Waals surface area contributed by atoms with E-state index in [-0.39, 0.29) is 30.0 Å². The Morgan fingerprint density at radius 1 is 0.610 bits per heavy atom. The molecule has 3 amide bonds. The number of imide groups is 1. The van der Waals surface area contributed by atoms with Gasteiger partial charge in [0.1, 0.15) is 13.1 Å². The van der Waals surface area contributed by atoms with Crippen LogP contribution in [0.1, 0.15) is 52.8 Å². The molecule has 2 aliphatic rings. The minimum atomic E-state index is -0.231. The van der Waals surface area contributed by atoms with E-state index in [1.165, 1.54) is 4.90 Å². The van der Waals surface area contributed by atoms with Gasteiger partial charge in [-0.2, -0.15) is 0 Å². The molecular weight excluding hydrogens is 518 g/mol. The predicted octanol–water partition coefficient (Wildman–Crippen LogP) is 2.87. The van der Waals surface area contributed by atoms with E-state index < -0.39 is 0 Å². The molecule has 0 bridgehead atoms. The first kappa shape index (κ1) is 28.3. The number of aromatic nitrogens is 1. The number of Topliss-reactive ketones (excluding diaryl/α,β-unsaturated/α-hetero) is 1. The molecule has 0 atom stereocenters. The Labute approximate surface area is 240 Å². The van der Waals surface area contributed by atoms with Crippen molar-refractivity contribution in [3.8, 4) is 0 Å². The first-order chi connectivity index (χ1) is 19.4. The van der Waals surface area contributed by atoms with Gasteiger partial charge in [0.25, 0.3) is 17.7 Å². The summed E-state index contributed by atoms with van der Waals surface area (Å²) in [5, 5.41) is 0. The lowest BCUT2D eigenvalue weighted by Crippen LogP contribution is -2.49. The highest BCUT2D eigenvalue weighted by Crippen LogP contribution is 2.23. The summed E-state index contributed by atoms with van der Waals surface area (Å²) < 4.78 is 1.17. The normalized spacial score (nSPS) is 15.4. The van der Waals surface area contributed by atoms with Crippen LogP contribution >= 0.6 is 0 Å². The maximum Gasteiger partial charge on any atom is 0.261 e. The zero-order valence-corrected chi connectivity index (χ0v) is 24.2. The Balaban J connectivity index is 1.17. The van der Waals surface area contributed by atoms with Crippen LogP contribution in [0.25, 0.3) is 0 Å². The van der Waals surface area contributed by atoms with E-state index in [4.69, 9.17) is 4.98 Å². The average molecular weight is 556 g/mol. The smallest absolute Gasteiger partial charge is 0.261 e. The number of hydrogen-bond donors (Lipinski definition) is 0. The lowest BCUT2D eigenvalue weighted by molar-refractivity contribution is -0.904. The van der Waals surface area contributed by atoms with Gasteiger partial charge in [-0.05, 0) is 30.3 Å². The molecule has 2 aromatic carbocycles. The molecule has 0 N–H and O–H groups in total. The van der Waals surface area contributed by atoms with Crippen LogP contribution in [0, 0.1) is 0 Å². The summed E-state index contributed by atoms with van der Waals surface area (Å²) in [5.41, 5.74) is 3.81. The first-order valence-electron chi connectivity index (χ1n) is 13.9. The summed E-state index contributed by atoms with van der Waals surface area (Å²) in [4.78, 5) is 58.9. The van der Waals surface area contributed by atoms with E-state index in [1.807, 2.05) is 18.2 Å². The molecule has 0 aliphatic carbocycles. The van der Waals surface area contributed by atoms with E-state index in [2.05, 4.69) is 28.2 Å². The molecule has 9 heteroatoms. The molecule has 3 heterocycles. The number of hydrogen-bond acceptors (Lipinski definition) is 5. The number of rotatable bonds is 10. The quantitative estimate of drug-likeness (QED) is 0.284. The number of benzene rings is 2. The maximum absolute atomic E-state index is 13.0. The Morgan fingerprint density at radius 2 is 1.07 bits per heavy atom. The number of nitrogens with zero attached hydrogens (tertiary/aromatic N) is 5. The van der Waals surface area contributed by atoms with Gasteiger partial charge in [-0.25, -0.2) is 4.98 Å². The minimum Gasteiger partial charge on any atom is -0.325 e. The van der Waals surface area contributed by atoms with Gasteiger partial charge in [0.05, 0.1) is 89.0 Å². The second kappa shape index (κ2) is 11.0. The standard InChI is InChI=1S/C32H37N5O4/c1-36(2,18-16-34-20-29(38)25-12-5-6-13-26(25)30(34)39)21-23-10-9-11-24(33-23)22-37(3,4)19-17-35-31(40)27-14-7-8-15-28(27)32(35)41/h5-15H,16-22H2,1-4H3/q+2. The van der Waals surface area contributed by atoms with E-state index >= 15 is 0 Å². The average Bonchev–Trinajstić information content (AvgIpc) is 3.17. The van der Waals surface area contributed by atoms with Crippen molar-refractivity contribution in [2.24, 2.45) is 0 Å². The molecule has 0 spiro atoms. The topological polar surface area (TPSA) is 87.7 Å². The fourth-order valence-electron chi connectivity index (χ4n) is 5.54. The van der Waals surface area contributed by atoms with Gasteiger partial charge in [-0.3, -0.25) is 24.1 Å². The zero-order valence-electron chi connectivity index (χ0n) is 24.2. The lowest BCUT2D eigenvalue weighted by Gasteiger charge is -2.34. The third-order valence-corrected chi connectivity index (χ3v) is 7.91. The van der Waals surface area contributed by atoms with Crippen molar-refractivity contribution in [2.75, 3.05) is 60.9 Å². The summed E-state index contributed by atoms with van der Waals surface area (Å²) in [6.45, 7) is 3.52. The molecule has 9 nitrogen and oxygen atoms in total. The highest BCUT2D eigenvalue weighted by atomic mass is 16.2. The summed E-state index contributed by atoms with van der Waals surface area (Å²) in [6, 6.07) is 20.0. The van der Waals surface area contributed by atoms with Crippen molar-refractivity contribution in [2.45, 2.75) is 13.1 Å². The second-order valence-electron chi connectivity index (χ2n) is 12.3. The van der Waals surface area contributed by atoms with Crippen molar-refractivity contribution >= 4 is 23.5 Å². The Kier molecular flexibility index (Phi) is 7.59. The Morgan fingerprint density at radius 3 is 1.61 bits per heavy atom. The molecular formula is C32H37N5O4+2. The molecule has 0 saturated heterocycles. The van der Waals surface area contributed by atoms with E-state index in [0.717, 1.165) is 11.4 Å². The monoisotopic (exact) mass is 555 g/mol. The number of likely N-dealkylation sites (N-methyl/N-ethyl adjacent to an activating group) is 2. The molecule has 41 heavy (non-hydrogen) atoms. The SMILES string of the molecule is C[N+](C)(CCN1CC(=O)c2ccccc2C1=O)Cc1cccc(C[N+](C)(C)CCN2C(=O)c3ccccc3C2=O)n1. The fraction of sp³-hybridized carbons (Fsp3) is 0.344. The number of fused-ring (bicyclic) bond motifs is 2. The van der Waals surface area contributed by atoms with Crippen LogP contribution in [0.4, 0.5) is 0 Å². The number of amides is 3. The van der Waals surface area contributed by atoms with Gasteiger partial charge in [0.15, 0.2) is 5.78 Å². The number of carbonyl (C=O) groups is 4. The van der Waals surface area contributed by atoms with Crippen LogP contribution in [0.5, 0.6) is 0 Å². The molecule has 0 radical (unpaired) electrons. The van der Waals surface area contributed by atoms with E-state index in [0.29, 0.717) is 70.5 Å². The molecule has 1 aromatic heterocycles. The van der Waals surface area contributed by atoms with Crippen LogP contribution < -0.4 is 0 Å². The molecule has 212 valence electrons. The van der Waals surface area contributed by atoms with Crippen LogP contribution in [0.2, 0.25) is 0 Å². The van der Waals surface area contributed by atoms with Crippen LogP contribution in [-0.2, 0) is 13.1 Å². The van der Waals surface area contributed by atoms with Crippen molar-refractivity contribution in [3.05, 3.63) is 100 Å². The number of quaternary nitrogens is 2. The van der Waals surface area contributed by atoms with E-state index in [9.17, 15) is 19.2 Å². The summed E-state index contributed by atoms with van der Waals surface area (Å²) >= 11 is 0. The molecule has 2 aliphatic heterocycles. The number of pyridine rings is 1. The molecule has 0 saturated carbocycles. The van der Waals surface area contributed by atoms with Crippen LogP contribution in [0.3, 0.4) is 0 Å². The maximum atomic E-state index is 13.0. The van der Waals surface area contributed by atoms with Crippen molar-refractivity contribution < 1.29 is 28.1 Å². The number of carbonyl (C=O) groups excluding carboxylic acids is 4. The molecule has 0 unspecified atom stereocenters. The van der Waals surface area contributed by atoms with Crippen molar-refractivity contribution in [1.29, 1.82) is 0 Å². The molecule has 5 rings (SSSR count). The third kappa shape index (κ3) is 6.11. The van der Waals surface area contributed by atoms with E-state index in [1.54, 1.807) is 53.4 Å². The predicted molar refractivity (Wildman–Crippen MR) is 154 cm³/mol. The third-order valence-electron chi connectivity index (χ3n) is 7.91. The first-order valence-corrected chi connectivity index (χ1v) is 13.9. The van der Waals surface area contributed by atoms with Gasteiger partial charge in [0.2, 0.25) is 0 Å². The molecule has 3 aromatic rings. The highest BCUT2D eigenvalue weighted by Gasteiger charge is 2.36. The molecule has 0 fully saturated rings. The Hall–Kier alpha value is -4.21. The van der Waals surface area contributed by atoms with Gasteiger partial charge in [-0.1, -0.05) is 36.4 Å². The Bertz CT molecular complexity index is 1490. The summed E-state index contributed by atoms with van der Waals surface area (Å²) in [7, 11) is 8.34. The summed E-state index contributed by atoms with van der Waals surface area (Å²) in [6.07, 6.45) is 0. The van der Waals surface area contributed by atoms with Gasteiger partial charge in [-0.15, -0.1) is 0 Å². The second-order valence-corrected chi connectivity index (χ2v) is 12.3. The van der Waals surface area contributed by atoms with Crippen LogP contribution in [0.15, 0.2) is 66.7 Å². The van der Waals surface area contributed by atoms with Gasteiger partial charge >= 0.3 is 0 Å². The number of ketones is 1. The van der Waals surface area contributed by atoms with Crippen molar-refractivity contribution in [3.63, 3.8) is 0 Å². The largest absolute Gasteiger partial charge is 0.325 e. The lowest BCUT2D eigenvalue weighted by atomic mass is 9.98. The van der Waals surface area contributed by atoms with Gasteiger partial charge in [0, 0.05) is 5.56 Å². The van der Waals surface area contributed by atoms with Gasteiger partial charge < -0.3 is 13.9 Å². The summed E-state index contributed by atoms with van der Waals surface area (Å²) in [5.74, 6) is -0.582. The van der Waals surface area contributed by atoms with Crippen LogP contribution in [-0.4, -0.2) is 108 Å². The highest BCUT2D eigenvalue weighted by molar-refractivity contribution is 6.21.